The van der Waals surface area contributed by atoms with Gasteiger partial charge in [0.15, 0.2) is 0 Å². The van der Waals surface area contributed by atoms with Crippen LogP contribution in [0.4, 0.5) is 0 Å². The summed E-state index contributed by atoms with van der Waals surface area (Å²) in [6.45, 7) is 9.61. The lowest BCUT2D eigenvalue weighted by Gasteiger charge is -2.28. The van der Waals surface area contributed by atoms with E-state index in [-0.39, 0.29) is 12.5 Å². The third kappa shape index (κ3) is 4.63. The number of aliphatic hydroxyl groups is 2. The van der Waals surface area contributed by atoms with Crippen LogP contribution in [-0.2, 0) is 0 Å². The van der Waals surface area contributed by atoms with Crippen molar-refractivity contribution in [1.82, 2.24) is 0 Å². The van der Waals surface area contributed by atoms with Gasteiger partial charge in [-0.25, -0.2) is 0 Å². The zero-order valence-electron chi connectivity index (χ0n) is 10.2. The number of hydrogen-bond donors (Lipinski definition) is 2. The third-order valence-corrected chi connectivity index (χ3v) is 2.83. The standard InChI is InChI=1S/C13H24O2/c1-5-7-8-12(4)13(15,6-2)9-11(3)10-14/h6,9,12,14-15H,2,5,7-8,10H2,1,3-4H3. The molecule has 2 heteroatoms. The molecule has 0 radical (unpaired) electrons. The van der Waals surface area contributed by atoms with Gasteiger partial charge in [-0.15, -0.1) is 0 Å². The summed E-state index contributed by atoms with van der Waals surface area (Å²) in [6, 6.07) is 0. The highest BCUT2D eigenvalue weighted by Gasteiger charge is 2.27. The molecule has 0 aliphatic rings. The third-order valence-electron chi connectivity index (χ3n) is 2.83. The van der Waals surface area contributed by atoms with E-state index in [1.54, 1.807) is 19.1 Å². The zero-order chi connectivity index (χ0) is 11.9. The fraction of sp³-hybridized carbons (Fsp3) is 0.692. The largest absolute Gasteiger partial charge is 0.392 e. The molecular weight excluding hydrogens is 188 g/mol. The average molecular weight is 212 g/mol. The predicted octanol–water partition coefficient (Wildman–Crippen LogP) is 2.67. The highest BCUT2D eigenvalue weighted by molar-refractivity contribution is 5.18. The first-order valence-electron chi connectivity index (χ1n) is 5.65. The Morgan fingerprint density at radius 1 is 1.53 bits per heavy atom. The van der Waals surface area contributed by atoms with E-state index in [1.165, 1.54) is 0 Å². The number of aliphatic hydroxyl groups excluding tert-OH is 1. The molecule has 0 rings (SSSR count). The van der Waals surface area contributed by atoms with Gasteiger partial charge in [-0.05, 0) is 30.9 Å². The van der Waals surface area contributed by atoms with Crippen LogP contribution in [0, 0.1) is 5.92 Å². The molecule has 0 saturated heterocycles. The van der Waals surface area contributed by atoms with Crippen molar-refractivity contribution in [2.75, 3.05) is 6.61 Å². The molecule has 0 saturated carbocycles. The fourth-order valence-electron chi connectivity index (χ4n) is 1.58. The van der Waals surface area contributed by atoms with Crippen LogP contribution in [0.5, 0.6) is 0 Å². The minimum absolute atomic E-state index is 0.0172. The van der Waals surface area contributed by atoms with Gasteiger partial charge in [0.25, 0.3) is 0 Å². The first-order chi connectivity index (χ1) is 7.00. The highest BCUT2D eigenvalue weighted by Crippen LogP contribution is 2.26. The Labute approximate surface area is 93.3 Å². The quantitative estimate of drug-likeness (QED) is 0.637. The van der Waals surface area contributed by atoms with E-state index < -0.39 is 5.60 Å². The van der Waals surface area contributed by atoms with Crippen molar-refractivity contribution in [2.45, 2.75) is 45.6 Å². The van der Waals surface area contributed by atoms with Gasteiger partial charge in [0.1, 0.15) is 5.60 Å². The summed E-state index contributed by atoms with van der Waals surface area (Å²) in [5, 5.41) is 19.2. The maximum absolute atomic E-state index is 10.3. The molecule has 15 heavy (non-hydrogen) atoms. The summed E-state index contributed by atoms with van der Waals surface area (Å²) in [5.41, 5.74) is -0.206. The second-order valence-corrected chi connectivity index (χ2v) is 4.28. The first-order valence-corrected chi connectivity index (χ1v) is 5.65. The van der Waals surface area contributed by atoms with Crippen molar-refractivity contribution >= 4 is 0 Å². The smallest absolute Gasteiger partial charge is 0.103 e. The van der Waals surface area contributed by atoms with Gasteiger partial charge in [-0.2, -0.15) is 0 Å². The Hall–Kier alpha value is -0.600. The summed E-state index contributed by atoms with van der Waals surface area (Å²) in [5.74, 6) is 0.136. The van der Waals surface area contributed by atoms with Crippen LogP contribution in [-0.4, -0.2) is 22.4 Å². The van der Waals surface area contributed by atoms with Gasteiger partial charge in [0, 0.05) is 0 Å². The predicted molar refractivity (Wildman–Crippen MR) is 64.7 cm³/mol. The molecule has 0 amide bonds. The maximum Gasteiger partial charge on any atom is 0.103 e. The lowest BCUT2D eigenvalue weighted by Crippen LogP contribution is -2.32. The Morgan fingerprint density at radius 3 is 2.53 bits per heavy atom. The Bertz CT molecular complexity index is 221. The maximum atomic E-state index is 10.3. The van der Waals surface area contributed by atoms with Crippen LogP contribution in [0.2, 0.25) is 0 Å². The van der Waals surface area contributed by atoms with Crippen LogP contribution in [0.1, 0.15) is 40.0 Å². The van der Waals surface area contributed by atoms with E-state index in [0.29, 0.717) is 0 Å². The van der Waals surface area contributed by atoms with Crippen molar-refractivity contribution in [1.29, 1.82) is 0 Å². The first kappa shape index (κ1) is 14.4. The molecule has 0 aliphatic heterocycles. The van der Waals surface area contributed by atoms with E-state index in [4.69, 9.17) is 5.11 Å². The van der Waals surface area contributed by atoms with Gasteiger partial charge in [0.05, 0.1) is 6.61 Å². The Kier molecular flexibility index (Phi) is 6.53. The molecule has 2 N–H and O–H groups in total. The topological polar surface area (TPSA) is 40.5 Å². The highest BCUT2D eigenvalue weighted by atomic mass is 16.3. The average Bonchev–Trinajstić information content (AvgIpc) is 2.25. The lowest BCUT2D eigenvalue weighted by molar-refractivity contribution is 0.0769. The summed E-state index contributed by atoms with van der Waals surface area (Å²) < 4.78 is 0. The second-order valence-electron chi connectivity index (χ2n) is 4.28. The number of unbranched alkanes of at least 4 members (excludes halogenated alkanes) is 1. The molecule has 0 spiro atoms. The molecule has 0 bridgehead atoms. The summed E-state index contributed by atoms with van der Waals surface area (Å²) >= 11 is 0. The second kappa shape index (κ2) is 6.81. The lowest BCUT2D eigenvalue weighted by atomic mass is 9.84. The molecule has 2 nitrogen and oxygen atoms in total. The van der Waals surface area contributed by atoms with Crippen LogP contribution in [0.25, 0.3) is 0 Å². The summed E-state index contributed by atoms with van der Waals surface area (Å²) in [4.78, 5) is 0. The van der Waals surface area contributed by atoms with E-state index in [2.05, 4.69) is 13.5 Å². The van der Waals surface area contributed by atoms with Gasteiger partial charge in [-0.1, -0.05) is 39.3 Å². The van der Waals surface area contributed by atoms with Gasteiger partial charge in [0.2, 0.25) is 0 Å². The van der Waals surface area contributed by atoms with E-state index in [1.807, 2.05) is 6.92 Å². The molecule has 0 fully saturated rings. The van der Waals surface area contributed by atoms with Crippen LogP contribution in [0.3, 0.4) is 0 Å². The Balaban J connectivity index is 4.61. The van der Waals surface area contributed by atoms with Crippen LogP contribution in [0.15, 0.2) is 24.3 Å². The minimum Gasteiger partial charge on any atom is -0.392 e. The van der Waals surface area contributed by atoms with E-state index in [0.717, 1.165) is 24.8 Å². The van der Waals surface area contributed by atoms with Crippen molar-refractivity contribution < 1.29 is 10.2 Å². The van der Waals surface area contributed by atoms with Crippen molar-refractivity contribution in [2.24, 2.45) is 5.92 Å². The van der Waals surface area contributed by atoms with Gasteiger partial charge in [-0.3, -0.25) is 0 Å². The van der Waals surface area contributed by atoms with E-state index in [9.17, 15) is 5.11 Å². The monoisotopic (exact) mass is 212 g/mol. The zero-order valence-corrected chi connectivity index (χ0v) is 10.2. The fourth-order valence-corrected chi connectivity index (χ4v) is 1.58. The van der Waals surface area contributed by atoms with E-state index >= 15 is 0 Å². The van der Waals surface area contributed by atoms with Crippen molar-refractivity contribution in [3.63, 3.8) is 0 Å². The number of hydrogen-bond acceptors (Lipinski definition) is 2. The van der Waals surface area contributed by atoms with Crippen molar-refractivity contribution in [3.05, 3.63) is 24.3 Å². The van der Waals surface area contributed by atoms with Crippen molar-refractivity contribution in [3.8, 4) is 0 Å². The normalized spacial score (nSPS) is 18.3. The molecule has 88 valence electrons. The number of rotatable bonds is 7. The van der Waals surface area contributed by atoms with Gasteiger partial charge < -0.3 is 10.2 Å². The summed E-state index contributed by atoms with van der Waals surface area (Å²) in [6.07, 6.45) is 6.46. The molecule has 0 aliphatic carbocycles. The Morgan fingerprint density at radius 2 is 2.13 bits per heavy atom. The molecule has 2 unspecified atom stereocenters. The minimum atomic E-state index is -0.984. The molecule has 2 atom stereocenters. The molecule has 0 aromatic heterocycles. The van der Waals surface area contributed by atoms with Crippen LogP contribution >= 0.6 is 0 Å². The molecule has 0 aromatic rings. The molecular formula is C13H24O2. The van der Waals surface area contributed by atoms with Crippen LogP contribution < -0.4 is 0 Å². The van der Waals surface area contributed by atoms with Gasteiger partial charge >= 0.3 is 0 Å². The molecule has 0 heterocycles. The molecule has 0 aromatic carbocycles. The SMILES string of the molecule is C=CC(O)(C=C(C)CO)C(C)CCCC. The summed E-state index contributed by atoms with van der Waals surface area (Å²) in [7, 11) is 0.